The second kappa shape index (κ2) is 7.18. The van der Waals surface area contributed by atoms with Crippen molar-refractivity contribution in [2.45, 2.75) is 37.3 Å². The highest BCUT2D eigenvalue weighted by atomic mass is 32.2. The Bertz CT molecular complexity index is 609. The topological polar surface area (TPSA) is 138 Å². The van der Waals surface area contributed by atoms with E-state index in [1.54, 1.807) is 6.92 Å². The Balaban J connectivity index is 2.82. The first kappa shape index (κ1) is 17.1. The number of sulfonamides is 1. The van der Waals surface area contributed by atoms with Crippen molar-refractivity contribution in [1.82, 2.24) is 14.7 Å². The number of H-pyrrole nitrogens is 1. The smallest absolute Gasteiger partial charge is 0.321 e. The summed E-state index contributed by atoms with van der Waals surface area (Å²) >= 11 is 0. The average molecular weight is 319 g/mol. The minimum absolute atomic E-state index is 0.209. The molecule has 1 aromatic heterocycles. The molecule has 0 aromatic carbocycles. The fourth-order valence-electron chi connectivity index (χ4n) is 1.51. The first-order valence-electron chi connectivity index (χ1n) is 6.16. The largest absolute Gasteiger partial charge is 0.480 e. The number of aliphatic carboxylic acids is 1. The molecule has 0 bridgehead atoms. The maximum absolute atomic E-state index is 12.0. The highest BCUT2D eigenvalue weighted by Gasteiger charge is 2.27. The zero-order chi connectivity index (χ0) is 16.0. The molecule has 1 aromatic rings. The molecule has 0 aliphatic rings. The lowest BCUT2D eigenvalue weighted by atomic mass is 10.2. The summed E-state index contributed by atoms with van der Waals surface area (Å²) < 4.78 is 30.5. The summed E-state index contributed by atoms with van der Waals surface area (Å²) in [4.78, 5) is 28.5. The van der Waals surface area contributed by atoms with E-state index < -0.39 is 28.0 Å². The van der Waals surface area contributed by atoms with Crippen LogP contribution in [0.2, 0.25) is 0 Å². The Morgan fingerprint density at radius 1 is 1.52 bits per heavy atom. The molecular formula is C11H17N3O6S. The number of nitrogens with zero attached hydrogens (tertiary/aromatic N) is 1. The van der Waals surface area contributed by atoms with Crippen LogP contribution in [-0.4, -0.2) is 48.6 Å². The van der Waals surface area contributed by atoms with Crippen LogP contribution in [0.5, 0.6) is 0 Å². The van der Waals surface area contributed by atoms with Gasteiger partial charge in [-0.1, -0.05) is 6.92 Å². The maximum Gasteiger partial charge on any atom is 0.321 e. The summed E-state index contributed by atoms with van der Waals surface area (Å²) in [6.07, 6.45) is 1.20. The van der Waals surface area contributed by atoms with Crippen LogP contribution in [0.4, 0.5) is 0 Å². The molecule has 1 heterocycles. The van der Waals surface area contributed by atoms with Crippen molar-refractivity contribution in [3.05, 3.63) is 12.0 Å². The third-order valence-electron chi connectivity index (χ3n) is 2.69. The van der Waals surface area contributed by atoms with Crippen molar-refractivity contribution in [2.75, 3.05) is 7.11 Å². The molecule has 0 saturated heterocycles. The van der Waals surface area contributed by atoms with Crippen LogP contribution in [0, 0.1) is 0 Å². The van der Waals surface area contributed by atoms with E-state index in [1.807, 2.05) is 4.72 Å². The highest BCUT2D eigenvalue weighted by Crippen LogP contribution is 2.09. The van der Waals surface area contributed by atoms with Crippen molar-refractivity contribution in [3.8, 4) is 0 Å². The third kappa shape index (κ3) is 4.83. The van der Waals surface area contributed by atoms with Crippen LogP contribution in [0.1, 0.15) is 25.6 Å². The second-order valence-corrected chi connectivity index (χ2v) is 5.86. The molecule has 1 atom stereocenters. The van der Waals surface area contributed by atoms with Gasteiger partial charge in [-0.25, -0.2) is 13.4 Å². The number of carbonyl (C=O) groups excluding carboxylic acids is 1. The Hall–Kier alpha value is -1.94. The Labute approximate surface area is 121 Å². The highest BCUT2D eigenvalue weighted by molar-refractivity contribution is 7.89. The first-order chi connectivity index (χ1) is 9.80. The summed E-state index contributed by atoms with van der Waals surface area (Å²) in [6, 6.07) is -1.43. The van der Waals surface area contributed by atoms with Gasteiger partial charge in [0, 0.05) is 12.8 Å². The molecule has 1 rings (SSSR count). The molecule has 0 aliphatic heterocycles. The van der Waals surface area contributed by atoms with Gasteiger partial charge in [0.05, 0.1) is 13.3 Å². The monoisotopic (exact) mass is 319 g/mol. The van der Waals surface area contributed by atoms with Gasteiger partial charge >= 0.3 is 11.9 Å². The number of nitrogens with one attached hydrogen (secondary N) is 2. The number of esters is 1. The van der Waals surface area contributed by atoms with Crippen LogP contribution in [0.15, 0.2) is 11.2 Å². The van der Waals surface area contributed by atoms with E-state index in [-0.39, 0.29) is 17.9 Å². The molecule has 0 aliphatic carbocycles. The van der Waals surface area contributed by atoms with E-state index in [1.165, 1.54) is 7.11 Å². The lowest BCUT2D eigenvalue weighted by Gasteiger charge is -2.13. The number of aromatic nitrogens is 2. The van der Waals surface area contributed by atoms with Gasteiger partial charge in [0.15, 0.2) is 5.03 Å². The first-order valence-corrected chi connectivity index (χ1v) is 7.64. The summed E-state index contributed by atoms with van der Waals surface area (Å²) in [5, 5.41) is 8.80. The van der Waals surface area contributed by atoms with E-state index >= 15 is 0 Å². The van der Waals surface area contributed by atoms with Crippen LogP contribution < -0.4 is 4.72 Å². The summed E-state index contributed by atoms with van der Waals surface area (Å²) in [6.45, 7) is 1.79. The van der Waals surface area contributed by atoms with Crippen molar-refractivity contribution in [1.29, 1.82) is 0 Å². The van der Waals surface area contributed by atoms with E-state index in [0.29, 0.717) is 12.2 Å². The minimum atomic E-state index is -4.05. The standard InChI is InChI=1S/C11H17N3O6S/c1-3-8-12-6-9(13-8)21(18,19)14-7(11(16)17)4-5-10(15)20-2/h6-7,14H,3-5H2,1-2H3,(H,12,13)(H,16,17). The lowest BCUT2D eigenvalue weighted by molar-refractivity contribution is -0.142. The number of aryl methyl sites for hydroxylation is 1. The van der Waals surface area contributed by atoms with Gasteiger partial charge in [-0.05, 0) is 6.42 Å². The molecule has 0 amide bonds. The molecular weight excluding hydrogens is 302 g/mol. The Morgan fingerprint density at radius 2 is 2.19 bits per heavy atom. The number of rotatable bonds is 8. The van der Waals surface area contributed by atoms with E-state index in [4.69, 9.17) is 5.11 Å². The van der Waals surface area contributed by atoms with Gasteiger partial charge in [-0.3, -0.25) is 9.59 Å². The van der Waals surface area contributed by atoms with Crippen molar-refractivity contribution < 1.29 is 27.9 Å². The molecule has 0 spiro atoms. The SMILES string of the molecule is CCc1ncc(S(=O)(=O)NC(CCC(=O)OC)C(=O)O)[nH]1. The van der Waals surface area contributed by atoms with Gasteiger partial charge < -0.3 is 14.8 Å². The lowest BCUT2D eigenvalue weighted by Crippen LogP contribution is -2.41. The quantitative estimate of drug-likeness (QED) is 0.557. The van der Waals surface area contributed by atoms with Crippen molar-refractivity contribution in [2.24, 2.45) is 0 Å². The predicted octanol–water partition coefficient (Wildman–Crippen LogP) is -0.343. The zero-order valence-corrected chi connectivity index (χ0v) is 12.4. The van der Waals surface area contributed by atoms with E-state index in [0.717, 1.165) is 6.20 Å². The van der Waals surface area contributed by atoms with E-state index in [2.05, 4.69) is 14.7 Å². The number of hydrogen-bond donors (Lipinski definition) is 3. The third-order valence-corrected chi connectivity index (χ3v) is 4.07. The number of imidazole rings is 1. The van der Waals surface area contributed by atoms with Gasteiger partial charge in [0.25, 0.3) is 10.0 Å². The van der Waals surface area contributed by atoms with Gasteiger partial charge in [-0.15, -0.1) is 0 Å². The number of methoxy groups -OCH3 is 1. The van der Waals surface area contributed by atoms with Crippen LogP contribution in [0.25, 0.3) is 0 Å². The fourth-order valence-corrected chi connectivity index (χ4v) is 2.67. The number of carboxylic acids is 1. The molecule has 118 valence electrons. The number of aromatic amines is 1. The van der Waals surface area contributed by atoms with Gasteiger partial charge in [0.1, 0.15) is 11.9 Å². The molecule has 1 unspecified atom stereocenters. The number of hydrogen-bond acceptors (Lipinski definition) is 6. The van der Waals surface area contributed by atoms with Crippen LogP contribution in [-0.2, 0) is 30.8 Å². The molecule has 21 heavy (non-hydrogen) atoms. The Kier molecular flexibility index (Phi) is 5.85. The average Bonchev–Trinajstić information content (AvgIpc) is 2.92. The normalized spacial score (nSPS) is 12.9. The molecule has 0 fully saturated rings. The summed E-state index contributed by atoms with van der Waals surface area (Å²) in [5.41, 5.74) is 0. The van der Waals surface area contributed by atoms with Crippen molar-refractivity contribution >= 4 is 22.0 Å². The van der Waals surface area contributed by atoms with Crippen LogP contribution >= 0.6 is 0 Å². The van der Waals surface area contributed by atoms with Gasteiger partial charge in [0.2, 0.25) is 0 Å². The minimum Gasteiger partial charge on any atom is -0.480 e. The summed E-state index contributed by atoms with van der Waals surface area (Å²) in [5.74, 6) is -1.52. The van der Waals surface area contributed by atoms with E-state index in [9.17, 15) is 18.0 Å². The van der Waals surface area contributed by atoms with Crippen LogP contribution in [0.3, 0.4) is 0 Å². The van der Waals surface area contributed by atoms with Gasteiger partial charge in [-0.2, -0.15) is 4.72 Å². The maximum atomic E-state index is 12.0. The molecule has 0 saturated carbocycles. The molecule has 9 nitrogen and oxygen atoms in total. The zero-order valence-electron chi connectivity index (χ0n) is 11.6. The number of carboxylic acid groups (broad SMARTS) is 1. The molecule has 0 radical (unpaired) electrons. The summed E-state index contributed by atoms with van der Waals surface area (Å²) in [7, 11) is -2.88. The Morgan fingerprint density at radius 3 is 2.67 bits per heavy atom. The molecule has 10 heteroatoms. The second-order valence-electron chi connectivity index (χ2n) is 4.17. The van der Waals surface area contributed by atoms with Crippen molar-refractivity contribution in [3.63, 3.8) is 0 Å². The molecule has 3 N–H and O–H groups in total. The predicted molar refractivity (Wildman–Crippen MR) is 71.0 cm³/mol. The number of carbonyl (C=O) groups is 2. The number of ether oxygens (including phenoxy) is 1. The fraction of sp³-hybridized carbons (Fsp3) is 0.545.